The van der Waals surface area contributed by atoms with Crippen LogP contribution in [-0.2, 0) is 0 Å². The molecule has 0 nitrogen and oxygen atoms in total. The van der Waals surface area contributed by atoms with Gasteiger partial charge in [-0.25, -0.2) is 13.2 Å². The van der Waals surface area contributed by atoms with Gasteiger partial charge in [0.05, 0.1) is 0 Å². The van der Waals surface area contributed by atoms with Crippen LogP contribution in [0.4, 0.5) is 13.2 Å². The van der Waals surface area contributed by atoms with Crippen LogP contribution in [0.2, 0.25) is 0 Å². The van der Waals surface area contributed by atoms with E-state index in [9.17, 15) is 13.2 Å². The second kappa shape index (κ2) is 8.75. The Labute approximate surface area is 154 Å². The summed E-state index contributed by atoms with van der Waals surface area (Å²) in [5.74, 6) is -2.26. The highest BCUT2D eigenvalue weighted by atomic mass is 19.2. The molecule has 0 heterocycles. The first-order valence-electron chi connectivity index (χ1n) is 9.83. The van der Waals surface area contributed by atoms with E-state index in [0.717, 1.165) is 18.1 Å². The lowest BCUT2D eigenvalue weighted by Crippen LogP contribution is -2.13. The van der Waals surface area contributed by atoms with Crippen LogP contribution < -0.4 is 0 Å². The Hall–Kier alpha value is -1.77. The summed E-state index contributed by atoms with van der Waals surface area (Å²) in [6.07, 6.45) is 10.4. The zero-order valence-corrected chi connectivity index (χ0v) is 15.4. The van der Waals surface area contributed by atoms with Crippen molar-refractivity contribution in [2.24, 2.45) is 5.92 Å². The molecule has 1 fully saturated rings. The van der Waals surface area contributed by atoms with Crippen LogP contribution in [0, 0.1) is 23.4 Å². The lowest BCUT2D eigenvalue weighted by Gasteiger charge is -2.29. The molecule has 0 saturated heterocycles. The molecule has 1 aliphatic carbocycles. The minimum Gasteiger partial charge on any atom is -0.204 e. The molecule has 0 N–H and O–H groups in total. The third-order valence-electron chi connectivity index (χ3n) is 5.76. The van der Waals surface area contributed by atoms with E-state index >= 15 is 0 Å². The molecule has 0 radical (unpaired) electrons. The Morgan fingerprint density at radius 3 is 2.00 bits per heavy atom. The van der Waals surface area contributed by atoms with Gasteiger partial charge in [0.1, 0.15) is 0 Å². The first-order chi connectivity index (χ1) is 12.6. The van der Waals surface area contributed by atoms with Gasteiger partial charge in [0.25, 0.3) is 0 Å². The van der Waals surface area contributed by atoms with E-state index in [1.54, 1.807) is 0 Å². The van der Waals surface area contributed by atoms with E-state index in [4.69, 9.17) is 0 Å². The van der Waals surface area contributed by atoms with Crippen molar-refractivity contribution in [2.45, 2.75) is 64.2 Å². The Morgan fingerprint density at radius 2 is 1.42 bits per heavy atom. The third kappa shape index (κ3) is 4.49. The SMILES string of the molecule is CCCCCC1CCC(c2ccc(-c3cc(F)c(F)c(F)c3)cc2)CC1. The molecule has 3 rings (SSSR count). The lowest BCUT2D eigenvalue weighted by atomic mass is 9.77. The average Bonchev–Trinajstić information content (AvgIpc) is 2.67. The minimum atomic E-state index is -1.42. The number of halogens is 3. The summed E-state index contributed by atoms with van der Waals surface area (Å²) in [5, 5.41) is 0. The fourth-order valence-electron chi connectivity index (χ4n) is 4.14. The maximum absolute atomic E-state index is 13.4. The zero-order valence-electron chi connectivity index (χ0n) is 15.4. The van der Waals surface area contributed by atoms with Crippen LogP contribution in [0.5, 0.6) is 0 Å². The molecular weight excluding hydrogens is 333 g/mol. The lowest BCUT2D eigenvalue weighted by molar-refractivity contribution is 0.303. The van der Waals surface area contributed by atoms with Crippen LogP contribution in [0.1, 0.15) is 69.8 Å². The molecule has 0 amide bonds. The van der Waals surface area contributed by atoms with Crippen LogP contribution in [-0.4, -0.2) is 0 Å². The quantitative estimate of drug-likeness (QED) is 0.367. The Morgan fingerprint density at radius 1 is 0.808 bits per heavy atom. The van der Waals surface area contributed by atoms with Crippen LogP contribution in [0.15, 0.2) is 36.4 Å². The van der Waals surface area contributed by atoms with Crippen molar-refractivity contribution >= 4 is 0 Å². The predicted octanol–water partition coefficient (Wildman–Crippen LogP) is 7.63. The normalized spacial score (nSPS) is 20.3. The van der Waals surface area contributed by atoms with Crippen molar-refractivity contribution < 1.29 is 13.2 Å². The van der Waals surface area contributed by atoms with Gasteiger partial charge in [0, 0.05) is 0 Å². The summed E-state index contributed by atoms with van der Waals surface area (Å²) in [6, 6.07) is 9.97. The molecule has 2 aromatic rings. The smallest absolute Gasteiger partial charge is 0.194 e. The minimum absolute atomic E-state index is 0.368. The number of benzene rings is 2. The number of hydrogen-bond acceptors (Lipinski definition) is 0. The third-order valence-corrected chi connectivity index (χ3v) is 5.76. The van der Waals surface area contributed by atoms with E-state index in [1.807, 2.05) is 12.1 Å². The molecule has 0 aromatic heterocycles. The Kier molecular flexibility index (Phi) is 6.39. The summed E-state index contributed by atoms with van der Waals surface area (Å²) in [7, 11) is 0. The van der Waals surface area contributed by atoms with Gasteiger partial charge in [-0.2, -0.15) is 0 Å². The van der Waals surface area contributed by atoms with Gasteiger partial charge >= 0.3 is 0 Å². The van der Waals surface area contributed by atoms with Gasteiger partial charge in [0.15, 0.2) is 17.5 Å². The average molecular weight is 360 g/mol. The van der Waals surface area contributed by atoms with Crippen LogP contribution in [0.25, 0.3) is 11.1 Å². The standard InChI is InChI=1S/C23H27F3/c1-2-3-4-5-16-6-8-17(9-7-16)18-10-12-19(13-11-18)20-14-21(24)23(26)22(25)15-20/h10-17H,2-9H2,1H3. The van der Waals surface area contributed by atoms with E-state index in [-0.39, 0.29) is 0 Å². The van der Waals surface area contributed by atoms with Gasteiger partial charge in [0.2, 0.25) is 0 Å². The van der Waals surface area contributed by atoms with Gasteiger partial charge < -0.3 is 0 Å². The summed E-state index contributed by atoms with van der Waals surface area (Å²) in [6.45, 7) is 2.25. The van der Waals surface area contributed by atoms with Crippen molar-refractivity contribution in [3.05, 3.63) is 59.4 Å². The molecule has 1 saturated carbocycles. The monoisotopic (exact) mass is 360 g/mol. The Bertz CT molecular complexity index is 690. The molecule has 0 aliphatic heterocycles. The number of unbranched alkanes of at least 4 members (excludes halogenated alkanes) is 2. The molecule has 0 atom stereocenters. The summed E-state index contributed by atoms with van der Waals surface area (Å²) < 4.78 is 40.0. The number of rotatable bonds is 6. The fourth-order valence-corrected chi connectivity index (χ4v) is 4.14. The van der Waals surface area contributed by atoms with E-state index in [0.29, 0.717) is 17.0 Å². The van der Waals surface area contributed by atoms with Crippen molar-refractivity contribution in [1.29, 1.82) is 0 Å². The molecular formula is C23H27F3. The first kappa shape index (κ1) is 19.0. The van der Waals surface area contributed by atoms with E-state index < -0.39 is 17.5 Å². The van der Waals surface area contributed by atoms with Gasteiger partial charge in [-0.15, -0.1) is 0 Å². The fraction of sp³-hybridized carbons (Fsp3) is 0.478. The Balaban J connectivity index is 1.62. The zero-order chi connectivity index (χ0) is 18.5. The second-order valence-corrected chi connectivity index (χ2v) is 7.59. The summed E-state index contributed by atoms with van der Waals surface area (Å²) in [4.78, 5) is 0. The summed E-state index contributed by atoms with van der Waals surface area (Å²) in [5.41, 5.74) is 2.37. The number of hydrogen-bond donors (Lipinski definition) is 0. The molecule has 26 heavy (non-hydrogen) atoms. The van der Waals surface area contributed by atoms with Crippen molar-refractivity contribution in [1.82, 2.24) is 0 Å². The second-order valence-electron chi connectivity index (χ2n) is 7.59. The van der Waals surface area contributed by atoms with Crippen molar-refractivity contribution in [3.63, 3.8) is 0 Å². The maximum Gasteiger partial charge on any atom is 0.194 e. The maximum atomic E-state index is 13.4. The molecule has 0 bridgehead atoms. The van der Waals surface area contributed by atoms with Gasteiger partial charge in [-0.1, -0.05) is 56.9 Å². The van der Waals surface area contributed by atoms with Gasteiger partial charge in [-0.3, -0.25) is 0 Å². The highest BCUT2D eigenvalue weighted by molar-refractivity contribution is 5.64. The van der Waals surface area contributed by atoms with Crippen molar-refractivity contribution in [2.75, 3.05) is 0 Å². The molecule has 3 heteroatoms. The molecule has 2 aromatic carbocycles. The van der Waals surface area contributed by atoms with E-state index in [1.165, 1.54) is 56.9 Å². The van der Waals surface area contributed by atoms with Crippen LogP contribution in [0.3, 0.4) is 0 Å². The molecule has 140 valence electrons. The largest absolute Gasteiger partial charge is 0.204 e. The highest BCUT2D eigenvalue weighted by Crippen LogP contribution is 2.38. The topological polar surface area (TPSA) is 0 Å². The van der Waals surface area contributed by atoms with Crippen molar-refractivity contribution in [3.8, 4) is 11.1 Å². The predicted molar refractivity (Wildman–Crippen MR) is 101 cm³/mol. The van der Waals surface area contributed by atoms with E-state index in [2.05, 4.69) is 19.1 Å². The molecule has 0 spiro atoms. The molecule has 0 unspecified atom stereocenters. The van der Waals surface area contributed by atoms with Crippen LogP contribution >= 0.6 is 0 Å². The summed E-state index contributed by atoms with van der Waals surface area (Å²) >= 11 is 0. The molecule has 1 aliphatic rings. The highest BCUT2D eigenvalue weighted by Gasteiger charge is 2.22. The van der Waals surface area contributed by atoms with Gasteiger partial charge in [-0.05, 0) is 66.3 Å². The first-order valence-corrected chi connectivity index (χ1v) is 9.83.